The first-order valence-corrected chi connectivity index (χ1v) is 5.94. The van der Waals surface area contributed by atoms with Crippen LogP contribution in [0.3, 0.4) is 0 Å². The Morgan fingerprint density at radius 2 is 2.11 bits per heavy atom. The smallest absolute Gasteiger partial charge is 0.252 e. The maximum absolute atomic E-state index is 12.0. The zero-order chi connectivity index (χ0) is 13.1. The van der Waals surface area contributed by atoms with Crippen LogP contribution in [0, 0.1) is 0 Å². The molecule has 3 rings (SSSR count). The summed E-state index contributed by atoms with van der Waals surface area (Å²) in [6.07, 6.45) is 7.33. The lowest BCUT2D eigenvalue weighted by molar-refractivity contribution is 0.996. The van der Waals surface area contributed by atoms with Crippen LogP contribution < -0.4 is 5.56 Å². The number of hydrogen-bond donors (Lipinski definition) is 2. The highest BCUT2D eigenvalue weighted by molar-refractivity contribution is 5.57. The molecule has 0 aliphatic carbocycles. The Morgan fingerprint density at radius 1 is 1.16 bits per heavy atom. The van der Waals surface area contributed by atoms with Gasteiger partial charge in [-0.25, -0.2) is 4.98 Å². The normalized spacial score (nSPS) is 10.5. The summed E-state index contributed by atoms with van der Waals surface area (Å²) in [5.74, 6) is 0.777. The maximum Gasteiger partial charge on any atom is 0.252 e. The molecule has 19 heavy (non-hydrogen) atoms. The molecule has 0 spiro atoms. The van der Waals surface area contributed by atoms with Crippen LogP contribution >= 0.6 is 0 Å². The molecular weight excluding hydrogens is 240 g/mol. The van der Waals surface area contributed by atoms with Gasteiger partial charge in [0.2, 0.25) is 0 Å². The van der Waals surface area contributed by atoms with Gasteiger partial charge in [0.05, 0.1) is 0 Å². The number of nitrogens with zero attached hydrogens (tertiary/aromatic N) is 2. The van der Waals surface area contributed by atoms with E-state index >= 15 is 0 Å². The minimum Gasteiger partial charge on any atom is -0.348 e. The van der Waals surface area contributed by atoms with Crippen molar-refractivity contribution in [1.82, 2.24) is 19.9 Å². The summed E-state index contributed by atoms with van der Waals surface area (Å²) in [7, 11) is 0. The largest absolute Gasteiger partial charge is 0.348 e. The van der Waals surface area contributed by atoms with Crippen molar-refractivity contribution in [1.29, 1.82) is 0 Å². The van der Waals surface area contributed by atoms with Crippen molar-refractivity contribution >= 4 is 0 Å². The van der Waals surface area contributed by atoms with Crippen LogP contribution in [0.1, 0.15) is 11.4 Å². The summed E-state index contributed by atoms with van der Waals surface area (Å²) in [6, 6.07) is 7.45. The van der Waals surface area contributed by atoms with Crippen molar-refractivity contribution in [2.24, 2.45) is 0 Å². The fourth-order valence-corrected chi connectivity index (χ4v) is 1.91. The van der Waals surface area contributed by atoms with E-state index in [1.807, 2.05) is 24.3 Å². The number of imidazole rings is 1. The lowest BCUT2D eigenvalue weighted by Crippen LogP contribution is -2.13. The van der Waals surface area contributed by atoms with Crippen molar-refractivity contribution in [2.75, 3.05) is 0 Å². The zero-order valence-corrected chi connectivity index (χ0v) is 10.1. The minimum absolute atomic E-state index is 0.0993. The van der Waals surface area contributed by atoms with Gasteiger partial charge in [0.1, 0.15) is 5.82 Å². The van der Waals surface area contributed by atoms with Crippen LogP contribution in [0.15, 0.2) is 53.8 Å². The molecule has 5 heteroatoms. The van der Waals surface area contributed by atoms with Gasteiger partial charge in [-0.3, -0.25) is 9.78 Å². The molecule has 3 aromatic rings. The van der Waals surface area contributed by atoms with Gasteiger partial charge in [-0.2, -0.15) is 0 Å². The molecule has 0 aliphatic heterocycles. The van der Waals surface area contributed by atoms with E-state index < -0.39 is 0 Å². The highest BCUT2D eigenvalue weighted by Gasteiger charge is 2.05. The fraction of sp³-hybridized carbons (Fsp3) is 0.0714. The van der Waals surface area contributed by atoms with Gasteiger partial charge < -0.3 is 9.97 Å². The molecule has 0 bridgehead atoms. The Balaban J connectivity index is 1.92. The second-order valence-corrected chi connectivity index (χ2v) is 4.18. The van der Waals surface area contributed by atoms with E-state index in [9.17, 15) is 4.79 Å². The van der Waals surface area contributed by atoms with Gasteiger partial charge >= 0.3 is 0 Å². The monoisotopic (exact) mass is 252 g/mol. The number of aromatic amines is 2. The molecule has 0 radical (unpaired) electrons. The van der Waals surface area contributed by atoms with Gasteiger partial charge in [0, 0.05) is 48.0 Å². The van der Waals surface area contributed by atoms with E-state index in [0.29, 0.717) is 12.0 Å². The van der Waals surface area contributed by atoms with Gasteiger partial charge in [-0.05, 0) is 18.2 Å². The lowest BCUT2D eigenvalue weighted by Gasteiger charge is -2.03. The predicted octanol–water partition coefficient (Wildman–Crippen LogP) is 1.75. The average molecular weight is 252 g/mol. The van der Waals surface area contributed by atoms with E-state index in [4.69, 9.17) is 0 Å². The third-order valence-electron chi connectivity index (χ3n) is 2.88. The van der Waals surface area contributed by atoms with Crippen molar-refractivity contribution in [3.63, 3.8) is 0 Å². The fourth-order valence-electron chi connectivity index (χ4n) is 1.91. The number of aromatic nitrogens is 4. The van der Waals surface area contributed by atoms with Crippen LogP contribution in [0.4, 0.5) is 0 Å². The molecule has 0 aliphatic rings. The molecule has 0 fully saturated rings. The number of nitrogens with one attached hydrogen (secondary N) is 2. The Bertz CT molecular complexity index is 717. The quantitative estimate of drug-likeness (QED) is 0.745. The minimum atomic E-state index is -0.0993. The van der Waals surface area contributed by atoms with E-state index in [0.717, 1.165) is 17.1 Å². The molecule has 0 atom stereocenters. The molecule has 94 valence electrons. The number of hydrogen-bond acceptors (Lipinski definition) is 3. The molecule has 3 heterocycles. The van der Waals surface area contributed by atoms with Crippen LogP contribution in [-0.4, -0.2) is 19.9 Å². The molecule has 3 aromatic heterocycles. The molecule has 5 nitrogen and oxygen atoms in total. The average Bonchev–Trinajstić information content (AvgIpc) is 2.95. The van der Waals surface area contributed by atoms with E-state index in [-0.39, 0.29) is 5.56 Å². The van der Waals surface area contributed by atoms with Crippen LogP contribution in [-0.2, 0) is 6.42 Å². The SMILES string of the molecule is O=c1[nH]c(-c2cccnc2)ccc1Cc1ncc[nH]1. The van der Waals surface area contributed by atoms with Gasteiger partial charge in [-0.15, -0.1) is 0 Å². The summed E-state index contributed by atoms with van der Waals surface area (Å²) in [6.45, 7) is 0. The second kappa shape index (κ2) is 4.89. The Kier molecular flexibility index (Phi) is 2.94. The Hall–Kier alpha value is -2.69. The first-order chi connectivity index (χ1) is 9.33. The lowest BCUT2D eigenvalue weighted by atomic mass is 10.1. The molecule has 0 saturated heterocycles. The third kappa shape index (κ3) is 2.44. The van der Waals surface area contributed by atoms with Crippen molar-refractivity contribution < 1.29 is 0 Å². The Morgan fingerprint density at radius 3 is 2.79 bits per heavy atom. The second-order valence-electron chi connectivity index (χ2n) is 4.18. The van der Waals surface area contributed by atoms with Crippen LogP contribution in [0.25, 0.3) is 11.3 Å². The molecule has 0 unspecified atom stereocenters. The summed E-state index contributed by atoms with van der Waals surface area (Å²) < 4.78 is 0. The maximum atomic E-state index is 12.0. The first-order valence-electron chi connectivity index (χ1n) is 5.94. The molecule has 2 N–H and O–H groups in total. The standard InChI is InChI=1S/C14H12N4O/c19-14-10(8-13-16-6-7-17-13)3-4-12(18-14)11-2-1-5-15-9-11/h1-7,9H,8H2,(H,16,17)(H,18,19). The van der Waals surface area contributed by atoms with E-state index in [1.54, 1.807) is 24.8 Å². The topological polar surface area (TPSA) is 74.4 Å². The number of pyridine rings is 2. The predicted molar refractivity (Wildman–Crippen MR) is 71.7 cm³/mol. The van der Waals surface area contributed by atoms with E-state index in [1.165, 1.54) is 0 Å². The van der Waals surface area contributed by atoms with Gasteiger partial charge in [-0.1, -0.05) is 6.07 Å². The summed E-state index contributed by atoms with van der Waals surface area (Å²) in [4.78, 5) is 26.0. The summed E-state index contributed by atoms with van der Waals surface area (Å²) >= 11 is 0. The van der Waals surface area contributed by atoms with Crippen molar-refractivity contribution in [3.8, 4) is 11.3 Å². The van der Waals surface area contributed by atoms with Crippen molar-refractivity contribution in [3.05, 3.63) is 70.8 Å². The molecular formula is C14H12N4O. The first kappa shape index (κ1) is 11.4. The highest BCUT2D eigenvalue weighted by Crippen LogP contribution is 2.13. The Labute approximate surface area is 109 Å². The molecule has 0 saturated carbocycles. The van der Waals surface area contributed by atoms with Gasteiger partial charge in [0.25, 0.3) is 5.56 Å². The van der Waals surface area contributed by atoms with Crippen molar-refractivity contribution in [2.45, 2.75) is 6.42 Å². The number of rotatable bonds is 3. The number of H-pyrrole nitrogens is 2. The van der Waals surface area contributed by atoms with Gasteiger partial charge in [0.15, 0.2) is 0 Å². The molecule has 0 aromatic carbocycles. The van der Waals surface area contributed by atoms with E-state index in [2.05, 4.69) is 19.9 Å². The van der Waals surface area contributed by atoms with Crippen LogP contribution in [0.5, 0.6) is 0 Å². The highest BCUT2D eigenvalue weighted by atomic mass is 16.1. The zero-order valence-electron chi connectivity index (χ0n) is 10.1. The molecule has 0 amide bonds. The third-order valence-corrected chi connectivity index (χ3v) is 2.88. The van der Waals surface area contributed by atoms with Crippen LogP contribution in [0.2, 0.25) is 0 Å². The summed E-state index contributed by atoms with van der Waals surface area (Å²) in [5, 5.41) is 0. The summed E-state index contributed by atoms with van der Waals surface area (Å²) in [5.41, 5.74) is 2.24.